The fourth-order valence-corrected chi connectivity index (χ4v) is 5.87. The van der Waals surface area contributed by atoms with Crippen LogP contribution < -0.4 is 5.48 Å². The van der Waals surface area contributed by atoms with E-state index in [1.165, 1.54) is 57.6 Å². The molecule has 6 heteroatoms. The summed E-state index contributed by atoms with van der Waals surface area (Å²) in [7, 11) is 0. The van der Waals surface area contributed by atoms with E-state index in [0.29, 0.717) is 18.1 Å². The van der Waals surface area contributed by atoms with Crippen LogP contribution in [0.3, 0.4) is 0 Å². The fourth-order valence-electron chi connectivity index (χ4n) is 5.87. The Morgan fingerprint density at radius 1 is 1.19 bits per heavy atom. The lowest BCUT2D eigenvalue weighted by Crippen LogP contribution is -2.70. The standard InChI is InChI=1S/C21H28FN3O2/c22-18-12-15(20(26)23-27)11-14-6-10-24(13-17(14)18)19-5-8-21(19)7-1-2-9-25(21)16-3-4-16/h11-12,16,19,27H,1-10,13H2,(H,23,26)/t19-,21+/m1/s1. The number of benzene rings is 1. The normalized spacial score (nSPS) is 31.4. The number of carbonyl (C=O) groups excluding carboxylic acids is 1. The van der Waals surface area contributed by atoms with Gasteiger partial charge in [-0.2, -0.15) is 0 Å². The molecule has 0 bridgehead atoms. The van der Waals surface area contributed by atoms with Gasteiger partial charge in [0.2, 0.25) is 0 Å². The Morgan fingerprint density at radius 2 is 2.04 bits per heavy atom. The molecule has 1 saturated heterocycles. The predicted octanol–water partition coefficient (Wildman–Crippen LogP) is 2.85. The molecule has 3 fully saturated rings. The molecule has 2 N–H and O–H groups in total. The van der Waals surface area contributed by atoms with Crippen molar-refractivity contribution in [2.45, 2.75) is 75.5 Å². The minimum absolute atomic E-state index is 0.189. The van der Waals surface area contributed by atoms with Gasteiger partial charge in [-0.25, -0.2) is 9.87 Å². The minimum atomic E-state index is -0.653. The van der Waals surface area contributed by atoms with Crippen LogP contribution in [0.15, 0.2) is 12.1 Å². The summed E-state index contributed by atoms with van der Waals surface area (Å²) in [6.07, 6.45) is 9.88. The van der Waals surface area contributed by atoms with E-state index in [2.05, 4.69) is 9.80 Å². The van der Waals surface area contributed by atoms with Crippen molar-refractivity contribution in [1.82, 2.24) is 15.3 Å². The maximum absolute atomic E-state index is 14.7. The number of carbonyl (C=O) groups is 1. The third kappa shape index (κ3) is 2.80. The van der Waals surface area contributed by atoms with Crippen LogP contribution in [0.25, 0.3) is 0 Å². The van der Waals surface area contributed by atoms with Crippen LogP contribution in [0.4, 0.5) is 4.39 Å². The molecule has 2 atom stereocenters. The van der Waals surface area contributed by atoms with Crippen LogP contribution >= 0.6 is 0 Å². The lowest BCUT2D eigenvalue weighted by Gasteiger charge is -2.62. The Balaban J connectivity index is 1.38. The van der Waals surface area contributed by atoms with E-state index in [4.69, 9.17) is 5.21 Å². The number of fused-ring (bicyclic) bond motifs is 1. The number of hydrogen-bond acceptors (Lipinski definition) is 4. The molecule has 1 amide bonds. The Hall–Kier alpha value is -1.50. The first-order valence-corrected chi connectivity index (χ1v) is 10.4. The molecule has 0 aromatic heterocycles. The second-order valence-corrected chi connectivity index (χ2v) is 8.80. The lowest BCUT2D eigenvalue weighted by molar-refractivity contribution is -0.104. The van der Waals surface area contributed by atoms with Crippen molar-refractivity contribution in [2.75, 3.05) is 13.1 Å². The Bertz CT molecular complexity index is 766. The van der Waals surface area contributed by atoms with Crippen molar-refractivity contribution in [3.63, 3.8) is 0 Å². The Morgan fingerprint density at radius 3 is 2.74 bits per heavy atom. The summed E-state index contributed by atoms with van der Waals surface area (Å²) in [5.41, 5.74) is 3.74. The zero-order chi connectivity index (χ0) is 18.6. The van der Waals surface area contributed by atoms with Gasteiger partial charge in [-0.3, -0.25) is 19.8 Å². The highest BCUT2D eigenvalue weighted by atomic mass is 19.1. The van der Waals surface area contributed by atoms with Gasteiger partial charge < -0.3 is 0 Å². The van der Waals surface area contributed by atoms with Gasteiger partial charge in [0.05, 0.1) is 0 Å². The van der Waals surface area contributed by atoms with Crippen LogP contribution in [0.1, 0.15) is 66.4 Å². The van der Waals surface area contributed by atoms with Gasteiger partial charge in [-0.1, -0.05) is 6.42 Å². The Kier molecular flexibility index (Phi) is 4.26. The molecule has 2 aliphatic carbocycles. The second kappa shape index (κ2) is 6.54. The van der Waals surface area contributed by atoms with Gasteiger partial charge in [0.1, 0.15) is 5.82 Å². The predicted molar refractivity (Wildman–Crippen MR) is 99.1 cm³/mol. The van der Waals surface area contributed by atoms with Crippen LogP contribution in [0.2, 0.25) is 0 Å². The number of piperidine rings is 1. The third-order valence-electron chi connectivity index (χ3n) is 7.41. The SMILES string of the molecule is O=C(NO)c1cc(F)c2c(c1)CCN([C@@H]1CC[C@@]13CCCCN3C1CC1)C2. The van der Waals surface area contributed by atoms with E-state index in [9.17, 15) is 9.18 Å². The maximum atomic E-state index is 14.7. The first-order chi connectivity index (χ1) is 13.1. The lowest BCUT2D eigenvalue weighted by atomic mass is 9.64. The molecule has 27 heavy (non-hydrogen) atoms. The van der Waals surface area contributed by atoms with Crippen molar-refractivity contribution < 1.29 is 14.4 Å². The van der Waals surface area contributed by atoms with Gasteiger partial charge in [0, 0.05) is 41.8 Å². The summed E-state index contributed by atoms with van der Waals surface area (Å²) >= 11 is 0. The van der Waals surface area contributed by atoms with Crippen LogP contribution in [0, 0.1) is 5.82 Å². The van der Waals surface area contributed by atoms with Gasteiger partial charge >= 0.3 is 0 Å². The van der Waals surface area contributed by atoms with Crippen molar-refractivity contribution in [2.24, 2.45) is 0 Å². The van der Waals surface area contributed by atoms with Crippen molar-refractivity contribution >= 4 is 5.91 Å². The number of likely N-dealkylation sites (tertiary alicyclic amines) is 1. The number of nitrogens with one attached hydrogen (secondary N) is 1. The molecular weight excluding hydrogens is 345 g/mol. The number of rotatable bonds is 3. The fraction of sp³-hybridized carbons (Fsp3) is 0.667. The van der Waals surface area contributed by atoms with Crippen LogP contribution in [0.5, 0.6) is 0 Å². The second-order valence-electron chi connectivity index (χ2n) is 8.80. The largest absolute Gasteiger partial charge is 0.294 e. The third-order valence-corrected chi connectivity index (χ3v) is 7.41. The van der Waals surface area contributed by atoms with Crippen LogP contribution in [-0.2, 0) is 13.0 Å². The molecule has 5 rings (SSSR count). The molecule has 1 aromatic rings. The highest BCUT2D eigenvalue weighted by molar-refractivity contribution is 5.93. The van der Waals surface area contributed by atoms with E-state index in [1.807, 2.05) is 0 Å². The molecule has 2 heterocycles. The number of nitrogens with zero attached hydrogens (tertiary/aromatic N) is 2. The molecule has 0 unspecified atom stereocenters. The zero-order valence-electron chi connectivity index (χ0n) is 15.7. The average molecular weight is 373 g/mol. The first kappa shape index (κ1) is 17.6. The summed E-state index contributed by atoms with van der Waals surface area (Å²) in [5, 5.41) is 8.82. The summed E-state index contributed by atoms with van der Waals surface area (Å²) in [5.74, 6) is -0.980. The zero-order valence-corrected chi connectivity index (χ0v) is 15.7. The summed E-state index contributed by atoms with van der Waals surface area (Å²) in [6.45, 7) is 2.79. The first-order valence-electron chi connectivity index (χ1n) is 10.4. The van der Waals surface area contributed by atoms with Crippen molar-refractivity contribution in [3.05, 3.63) is 34.6 Å². The van der Waals surface area contributed by atoms with E-state index < -0.39 is 5.91 Å². The van der Waals surface area contributed by atoms with Crippen molar-refractivity contribution in [1.29, 1.82) is 0 Å². The van der Waals surface area contributed by atoms with Gasteiger partial charge in [0.15, 0.2) is 0 Å². The molecule has 5 nitrogen and oxygen atoms in total. The number of amides is 1. The highest BCUT2D eigenvalue weighted by Gasteiger charge is 2.56. The van der Waals surface area contributed by atoms with Crippen molar-refractivity contribution in [3.8, 4) is 0 Å². The summed E-state index contributed by atoms with van der Waals surface area (Å²) < 4.78 is 14.7. The van der Waals surface area contributed by atoms with E-state index in [-0.39, 0.29) is 11.4 Å². The molecule has 2 aliphatic heterocycles. The summed E-state index contributed by atoms with van der Waals surface area (Å²) in [4.78, 5) is 17.0. The molecule has 1 aromatic carbocycles. The van der Waals surface area contributed by atoms with E-state index in [0.717, 1.165) is 30.1 Å². The van der Waals surface area contributed by atoms with E-state index in [1.54, 1.807) is 11.5 Å². The number of hydrogen-bond donors (Lipinski definition) is 2. The molecule has 2 saturated carbocycles. The number of hydroxylamine groups is 1. The van der Waals surface area contributed by atoms with Gasteiger partial charge in [-0.15, -0.1) is 0 Å². The van der Waals surface area contributed by atoms with Crippen LogP contribution in [-0.4, -0.2) is 51.6 Å². The highest BCUT2D eigenvalue weighted by Crippen LogP contribution is 2.51. The topological polar surface area (TPSA) is 55.8 Å². The molecule has 4 aliphatic rings. The monoisotopic (exact) mass is 373 g/mol. The molecular formula is C21H28FN3O2. The minimum Gasteiger partial charge on any atom is -0.294 e. The molecule has 0 radical (unpaired) electrons. The quantitative estimate of drug-likeness (QED) is 0.632. The summed E-state index contributed by atoms with van der Waals surface area (Å²) in [6, 6.07) is 4.31. The average Bonchev–Trinajstić information content (AvgIpc) is 3.52. The number of halogens is 1. The Labute approximate surface area is 159 Å². The molecule has 146 valence electrons. The smallest absolute Gasteiger partial charge is 0.274 e. The van der Waals surface area contributed by atoms with E-state index >= 15 is 0 Å². The maximum Gasteiger partial charge on any atom is 0.274 e. The van der Waals surface area contributed by atoms with Gasteiger partial charge in [0.25, 0.3) is 5.91 Å². The molecule has 1 spiro atoms. The van der Waals surface area contributed by atoms with Gasteiger partial charge in [-0.05, 0) is 69.2 Å².